The largest absolute Gasteiger partial charge is 0.444 e. The maximum absolute atomic E-state index is 12.4. The Morgan fingerprint density at radius 3 is 2.14 bits per heavy atom. The van der Waals surface area contributed by atoms with Crippen molar-refractivity contribution >= 4 is 26.1 Å². The summed E-state index contributed by atoms with van der Waals surface area (Å²) in [5, 5.41) is 5.45. The maximum Gasteiger partial charge on any atom is 0.408 e. The monoisotopic (exact) mass is 412 g/mol. The first-order valence-corrected chi connectivity index (χ1v) is 12.6. The Balaban J connectivity index is 3.21. The number of ether oxygens (including phenoxy) is 1. The highest BCUT2D eigenvalue weighted by Gasteiger charge is 2.39. The molecule has 2 N–H and O–H groups in total. The van der Waals surface area contributed by atoms with Crippen molar-refractivity contribution in [1.29, 1.82) is 0 Å². The summed E-state index contributed by atoms with van der Waals surface area (Å²) in [4.78, 5) is 37.0. The second-order valence-electron chi connectivity index (χ2n) is 9.72. The van der Waals surface area contributed by atoms with E-state index in [1.165, 1.54) is 6.92 Å². The SMILES string of the molecule is CC(=O)C(=C1CCNC1=O)C(CO[Si](C)(C)C(C)(C)C)NC(=O)OC(C)(C)C. The van der Waals surface area contributed by atoms with Gasteiger partial charge in [0, 0.05) is 17.7 Å². The molecule has 8 heteroatoms. The van der Waals surface area contributed by atoms with E-state index < -0.39 is 26.1 Å². The lowest BCUT2D eigenvalue weighted by Gasteiger charge is -2.37. The number of alkyl carbamates (subject to hydrolysis) is 1. The fourth-order valence-corrected chi connectivity index (χ4v) is 3.62. The van der Waals surface area contributed by atoms with E-state index in [4.69, 9.17) is 9.16 Å². The summed E-state index contributed by atoms with van der Waals surface area (Å²) in [7, 11) is -2.13. The Hall–Kier alpha value is -1.67. The smallest absolute Gasteiger partial charge is 0.408 e. The van der Waals surface area contributed by atoms with E-state index in [0.717, 1.165) is 0 Å². The highest BCUT2D eigenvalue weighted by Crippen LogP contribution is 2.36. The fourth-order valence-electron chi connectivity index (χ4n) is 2.60. The van der Waals surface area contributed by atoms with E-state index in [2.05, 4.69) is 44.5 Å². The van der Waals surface area contributed by atoms with Gasteiger partial charge in [-0.1, -0.05) is 20.8 Å². The number of hydrogen-bond acceptors (Lipinski definition) is 5. The van der Waals surface area contributed by atoms with Gasteiger partial charge in [0.1, 0.15) is 5.60 Å². The van der Waals surface area contributed by atoms with E-state index in [0.29, 0.717) is 24.1 Å². The quantitative estimate of drug-likeness (QED) is 0.516. The van der Waals surface area contributed by atoms with Crippen molar-refractivity contribution in [3.05, 3.63) is 11.1 Å². The third kappa shape index (κ3) is 6.74. The molecule has 2 amide bonds. The molecule has 0 aliphatic carbocycles. The van der Waals surface area contributed by atoms with Crippen LogP contribution in [0.2, 0.25) is 18.1 Å². The van der Waals surface area contributed by atoms with Crippen molar-refractivity contribution in [2.45, 2.75) is 84.7 Å². The summed E-state index contributed by atoms with van der Waals surface area (Å²) >= 11 is 0. The van der Waals surface area contributed by atoms with Crippen LogP contribution in [0.4, 0.5) is 4.79 Å². The number of carbonyl (C=O) groups excluding carboxylic acids is 3. The molecule has 1 aliphatic rings. The second kappa shape index (κ2) is 8.78. The topological polar surface area (TPSA) is 93.7 Å². The van der Waals surface area contributed by atoms with Crippen molar-refractivity contribution in [2.75, 3.05) is 13.2 Å². The van der Waals surface area contributed by atoms with Crippen molar-refractivity contribution < 1.29 is 23.5 Å². The van der Waals surface area contributed by atoms with E-state index >= 15 is 0 Å². The van der Waals surface area contributed by atoms with Gasteiger partial charge in [0.2, 0.25) is 5.91 Å². The molecule has 1 rings (SSSR count). The molecule has 0 aromatic heterocycles. The predicted molar refractivity (Wildman–Crippen MR) is 112 cm³/mol. The molecule has 0 bridgehead atoms. The Kier molecular flexibility index (Phi) is 7.64. The molecule has 1 atom stereocenters. The van der Waals surface area contributed by atoms with Crippen LogP contribution >= 0.6 is 0 Å². The molecule has 0 radical (unpaired) electrons. The van der Waals surface area contributed by atoms with Gasteiger partial charge in [-0.05, 0) is 52.2 Å². The van der Waals surface area contributed by atoms with Gasteiger partial charge in [-0.3, -0.25) is 9.59 Å². The molecule has 160 valence electrons. The maximum atomic E-state index is 12.4. The van der Waals surface area contributed by atoms with E-state index in [-0.39, 0.29) is 23.3 Å². The molecule has 0 aromatic rings. The summed E-state index contributed by atoms with van der Waals surface area (Å²) in [6.07, 6.45) is -0.200. The Labute approximate surface area is 169 Å². The van der Waals surface area contributed by atoms with Crippen LogP contribution in [0.5, 0.6) is 0 Å². The first-order chi connectivity index (χ1) is 12.5. The average molecular weight is 413 g/mol. The summed E-state index contributed by atoms with van der Waals surface area (Å²) in [6.45, 7) is 17.8. The number of ketones is 1. The molecule has 1 aliphatic heterocycles. The molecule has 0 aromatic carbocycles. The Morgan fingerprint density at radius 1 is 1.18 bits per heavy atom. The van der Waals surface area contributed by atoms with Crippen LogP contribution in [0.25, 0.3) is 0 Å². The third-order valence-corrected chi connectivity index (χ3v) is 9.60. The third-order valence-electron chi connectivity index (χ3n) is 5.10. The van der Waals surface area contributed by atoms with Crippen molar-refractivity contribution in [1.82, 2.24) is 10.6 Å². The minimum absolute atomic E-state index is 0.0300. The fraction of sp³-hybridized carbons (Fsp3) is 0.750. The Bertz CT molecular complexity index is 656. The molecule has 1 unspecified atom stereocenters. The van der Waals surface area contributed by atoms with Crippen LogP contribution in [0, 0.1) is 0 Å². The van der Waals surface area contributed by atoms with Crippen molar-refractivity contribution in [2.24, 2.45) is 0 Å². The van der Waals surface area contributed by atoms with E-state index in [9.17, 15) is 14.4 Å². The molecule has 28 heavy (non-hydrogen) atoms. The van der Waals surface area contributed by atoms with Gasteiger partial charge in [0.25, 0.3) is 0 Å². The summed E-state index contributed by atoms with van der Waals surface area (Å²) in [5.74, 6) is -0.527. The zero-order valence-corrected chi connectivity index (χ0v) is 19.7. The molecule has 0 spiro atoms. The predicted octanol–water partition coefficient (Wildman–Crippen LogP) is 3.31. The molecule has 1 heterocycles. The molecule has 7 nitrogen and oxygen atoms in total. The molecular weight excluding hydrogens is 376 g/mol. The standard InChI is InChI=1S/C20H36N2O5Si/c1-13(23)16(14-10-11-21-17(14)24)15(22-18(25)27-19(2,3)4)12-26-28(8,9)20(5,6)7/h15H,10-12H2,1-9H3,(H,21,24)(H,22,25). The van der Waals surface area contributed by atoms with Gasteiger partial charge < -0.3 is 19.8 Å². The highest BCUT2D eigenvalue weighted by atomic mass is 28.4. The number of Topliss-reactive ketones (excluding diaryl/α,β-unsaturated/α-hetero) is 1. The van der Waals surface area contributed by atoms with Gasteiger partial charge in [0.05, 0.1) is 12.6 Å². The van der Waals surface area contributed by atoms with E-state index in [1.807, 2.05) is 0 Å². The molecular formula is C20H36N2O5Si. The van der Waals surface area contributed by atoms with Gasteiger partial charge in [-0.25, -0.2) is 4.79 Å². The van der Waals surface area contributed by atoms with Gasteiger partial charge in [-0.2, -0.15) is 0 Å². The van der Waals surface area contributed by atoms with E-state index in [1.54, 1.807) is 20.8 Å². The van der Waals surface area contributed by atoms with Gasteiger partial charge in [-0.15, -0.1) is 0 Å². The second-order valence-corrected chi connectivity index (χ2v) is 14.5. The summed E-state index contributed by atoms with van der Waals surface area (Å²) < 4.78 is 11.6. The lowest BCUT2D eigenvalue weighted by Crippen LogP contribution is -2.49. The summed E-state index contributed by atoms with van der Waals surface area (Å²) in [6, 6.07) is -0.750. The lowest BCUT2D eigenvalue weighted by molar-refractivity contribution is -0.118. The van der Waals surface area contributed by atoms with Crippen LogP contribution < -0.4 is 10.6 Å². The van der Waals surface area contributed by atoms with Crippen molar-refractivity contribution in [3.63, 3.8) is 0 Å². The summed E-state index contributed by atoms with van der Waals surface area (Å²) in [5.41, 5.74) is 0.0235. The first kappa shape index (κ1) is 24.4. The molecule has 0 saturated carbocycles. The van der Waals surface area contributed by atoms with Crippen LogP contribution in [-0.2, 0) is 18.8 Å². The normalized spacial score (nSPS) is 18.4. The zero-order chi connectivity index (χ0) is 21.9. The minimum Gasteiger partial charge on any atom is -0.444 e. The average Bonchev–Trinajstić information content (AvgIpc) is 2.87. The van der Waals surface area contributed by atoms with Crippen LogP contribution in [0.1, 0.15) is 54.9 Å². The van der Waals surface area contributed by atoms with Crippen LogP contribution in [-0.4, -0.2) is 50.9 Å². The lowest BCUT2D eigenvalue weighted by atomic mass is 9.96. The number of rotatable bonds is 6. The van der Waals surface area contributed by atoms with Crippen LogP contribution in [0.3, 0.4) is 0 Å². The molecule has 1 saturated heterocycles. The number of amides is 2. The first-order valence-electron chi connectivity index (χ1n) is 9.71. The number of nitrogens with one attached hydrogen (secondary N) is 2. The van der Waals surface area contributed by atoms with Crippen molar-refractivity contribution in [3.8, 4) is 0 Å². The highest BCUT2D eigenvalue weighted by molar-refractivity contribution is 6.74. The van der Waals surface area contributed by atoms with Gasteiger partial charge in [0.15, 0.2) is 14.1 Å². The number of carbonyl (C=O) groups is 3. The Morgan fingerprint density at radius 2 is 1.75 bits per heavy atom. The zero-order valence-electron chi connectivity index (χ0n) is 18.7. The number of hydrogen-bond donors (Lipinski definition) is 2. The van der Waals surface area contributed by atoms with Crippen LogP contribution in [0.15, 0.2) is 11.1 Å². The minimum atomic E-state index is -2.13. The van der Waals surface area contributed by atoms with Gasteiger partial charge >= 0.3 is 6.09 Å². The molecule has 1 fully saturated rings.